The minimum atomic E-state index is 0.324. The Morgan fingerprint density at radius 1 is 1.32 bits per heavy atom. The molecule has 1 aliphatic heterocycles. The topological polar surface area (TPSA) is 65.9 Å². The molecule has 0 amide bonds. The van der Waals surface area contributed by atoms with Crippen LogP contribution in [0.5, 0.6) is 0 Å². The SMILES string of the molecule is C[C@@H]1C[C@H](c2ccc(C#N)c3ncccc23)CN(C[C@@H](N)C2CC2)C1. The van der Waals surface area contributed by atoms with E-state index < -0.39 is 0 Å². The van der Waals surface area contributed by atoms with Crippen LogP contribution in [0.15, 0.2) is 30.5 Å². The second kappa shape index (κ2) is 6.74. The zero-order valence-corrected chi connectivity index (χ0v) is 14.9. The highest BCUT2D eigenvalue weighted by atomic mass is 15.1. The summed E-state index contributed by atoms with van der Waals surface area (Å²) in [6.07, 6.45) is 5.57. The molecule has 0 unspecified atom stereocenters. The number of likely N-dealkylation sites (tertiary alicyclic amines) is 1. The van der Waals surface area contributed by atoms with Crippen molar-refractivity contribution in [2.75, 3.05) is 19.6 Å². The summed E-state index contributed by atoms with van der Waals surface area (Å²) in [4.78, 5) is 7.03. The Morgan fingerprint density at radius 2 is 2.16 bits per heavy atom. The molecule has 0 bridgehead atoms. The van der Waals surface area contributed by atoms with Crippen LogP contribution < -0.4 is 5.73 Å². The van der Waals surface area contributed by atoms with Gasteiger partial charge in [0.05, 0.1) is 11.1 Å². The molecule has 1 saturated heterocycles. The third-order valence-electron chi connectivity index (χ3n) is 5.80. The van der Waals surface area contributed by atoms with Crippen LogP contribution in [-0.4, -0.2) is 35.6 Å². The lowest BCUT2D eigenvalue weighted by molar-refractivity contribution is 0.152. The first-order valence-corrected chi connectivity index (χ1v) is 9.41. The van der Waals surface area contributed by atoms with Gasteiger partial charge in [-0.1, -0.05) is 19.1 Å². The Morgan fingerprint density at radius 3 is 2.92 bits per heavy atom. The van der Waals surface area contributed by atoms with Crippen LogP contribution in [0.1, 0.15) is 43.2 Å². The molecular formula is C21H26N4. The number of benzene rings is 1. The maximum Gasteiger partial charge on any atom is 0.101 e. The highest BCUT2D eigenvalue weighted by Crippen LogP contribution is 2.36. The lowest BCUT2D eigenvalue weighted by Crippen LogP contribution is -2.45. The van der Waals surface area contributed by atoms with Crippen LogP contribution in [0, 0.1) is 23.2 Å². The smallest absolute Gasteiger partial charge is 0.101 e. The van der Waals surface area contributed by atoms with Gasteiger partial charge in [-0.2, -0.15) is 5.26 Å². The average molecular weight is 334 g/mol. The monoisotopic (exact) mass is 334 g/mol. The predicted molar refractivity (Wildman–Crippen MR) is 100 cm³/mol. The van der Waals surface area contributed by atoms with Crippen molar-refractivity contribution >= 4 is 10.9 Å². The maximum absolute atomic E-state index is 9.37. The molecule has 2 fully saturated rings. The van der Waals surface area contributed by atoms with Crippen molar-refractivity contribution < 1.29 is 0 Å². The molecule has 0 radical (unpaired) electrons. The summed E-state index contributed by atoms with van der Waals surface area (Å²) in [6.45, 7) is 5.55. The number of nitrogens with zero attached hydrogens (tertiary/aromatic N) is 3. The van der Waals surface area contributed by atoms with Gasteiger partial charge < -0.3 is 10.6 Å². The highest BCUT2D eigenvalue weighted by Gasteiger charge is 2.33. The zero-order chi connectivity index (χ0) is 17.4. The molecule has 1 aliphatic carbocycles. The molecule has 3 atom stereocenters. The molecule has 4 nitrogen and oxygen atoms in total. The number of pyridine rings is 1. The lowest BCUT2D eigenvalue weighted by Gasteiger charge is -2.38. The first-order valence-electron chi connectivity index (χ1n) is 9.41. The van der Waals surface area contributed by atoms with E-state index in [1.165, 1.54) is 24.8 Å². The minimum Gasteiger partial charge on any atom is -0.326 e. The summed E-state index contributed by atoms with van der Waals surface area (Å²) in [5.41, 5.74) is 9.21. The number of rotatable bonds is 4. The molecule has 2 aromatic rings. The zero-order valence-electron chi connectivity index (χ0n) is 14.9. The van der Waals surface area contributed by atoms with Crippen LogP contribution in [0.2, 0.25) is 0 Å². The first kappa shape index (κ1) is 16.5. The van der Waals surface area contributed by atoms with E-state index in [-0.39, 0.29) is 0 Å². The van der Waals surface area contributed by atoms with Crippen molar-refractivity contribution in [3.63, 3.8) is 0 Å². The van der Waals surface area contributed by atoms with E-state index in [2.05, 4.69) is 35.0 Å². The van der Waals surface area contributed by atoms with E-state index in [0.29, 0.717) is 23.4 Å². The summed E-state index contributed by atoms with van der Waals surface area (Å²) in [5.74, 6) is 1.89. The number of nitrogens with two attached hydrogens (primary N) is 1. The third kappa shape index (κ3) is 3.40. The number of hydrogen-bond donors (Lipinski definition) is 1. The van der Waals surface area contributed by atoms with Crippen molar-refractivity contribution in [2.45, 2.75) is 38.1 Å². The largest absolute Gasteiger partial charge is 0.326 e. The Kier molecular flexibility index (Phi) is 4.45. The fraction of sp³-hybridized carbons (Fsp3) is 0.524. The molecule has 130 valence electrons. The summed E-state index contributed by atoms with van der Waals surface area (Å²) in [7, 11) is 0. The number of aromatic nitrogens is 1. The number of piperidine rings is 1. The van der Waals surface area contributed by atoms with Crippen molar-refractivity contribution in [3.8, 4) is 6.07 Å². The van der Waals surface area contributed by atoms with E-state index in [0.717, 1.165) is 36.5 Å². The van der Waals surface area contributed by atoms with Crippen molar-refractivity contribution in [1.82, 2.24) is 9.88 Å². The van der Waals surface area contributed by atoms with Crippen molar-refractivity contribution in [3.05, 3.63) is 41.6 Å². The van der Waals surface area contributed by atoms with Gasteiger partial charge in [0.25, 0.3) is 0 Å². The number of fused-ring (bicyclic) bond motifs is 1. The van der Waals surface area contributed by atoms with Crippen LogP contribution in [0.25, 0.3) is 10.9 Å². The van der Waals surface area contributed by atoms with E-state index in [9.17, 15) is 5.26 Å². The number of hydrogen-bond acceptors (Lipinski definition) is 4. The van der Waals surface area contributed by atoms with Gasteiger partial charge in [0.1, 0.15) is 6.07 Å². The Balaban J connectivity index is 1.62. The highest BCUT2D eigenvalue weighted by molar-refractivity contribution is 5.87. The summed E-state index contributed by atoms with van der Waals surface area (Å²) in [5, 5.41) is 10.5. The maximum atomic E-state index is 9.37. The second-order valence-corrected chi connectivity index (χ2v) is 7.97. The van der Waals surface area contributed by atoms with E-state index >= 15 is 0 Å². The molecule has 0 spiro atoms. The number of nitriles is 1. The van der Waals surface area contributed by atoms with E-state index in [1.54, 1.807) is 6.20 Å². The molecule has 4 rings (SSSR count). The first-order chi connectivity index (χ1) is 12.2. The molecule has 1 saturated carbocycles. The fourth-order valence-corrected chi connectivity index (χ4v) is 4.45. The van der Waals surface area contributed by atoms with E-state index in [1.807, 2.05) is 12.1 Å². The second-order valence-electron chi connectivity index (χ2n) is 7.97. The standard InChI is InChI=1S/C21H26N4/c1-14-9-17(12-25(11-14)13-20(23)15-4-5-15)18-7-6-16(10-22)21-19(18)3-2-8-24-21/h2-3,6-8,14-15,17,20H,4-5,9,11-13,23H2,1H3/t14-,17+,20-/m1/s1. The molecular weight excluding hydrogens is 308 g/mol. The van der Waals surface area contributed by atoms with Gasteiger partial charge in [0, 0.05) is 37.3 Å². The van der Waals surface area contributed by atoms with Crippen LogP contribution >= 0.6 is 0 Å². The fourth-order valence-electron chi connectivity index (χ4n) is 4.45. The Bertz CT molecular complexity index is 805. The lowest BCUT2D eigenvalue weighted by atomic mass is 9.83. The molecule has 2 N–H and O–H groups in total. The van der Waals surface area contributed by atoms with Gasteiger partial charge in [0.2, 0.25) is 0 Å². The molecule has 4 heteroatoms. The molecule has 1 aromatic heterocycles. The third-order valence-corrected chi connectivity index (χ3v) is 5.80. The van der Waals surface area contributed by atoms with Crippen LogP contribution in [0.3, 0.4) is 0 Å². The molecule has 25 heavy (non-hydrogen) atoms. The van der Waals surface area contributed by atoms with Gasteiger partial charge in [0.15, 0.2) is 0 Å². The minimum absolute atomic E-state index is 0.324. The van der Waals surface area contributed by atoms with Gasteiger partial charge in [-0.05, 0) is 54.7 Å². The predicted octanol–water partition coefficient (Wildman–Crippen LogP) is 3.27. The van der Waals surface area contributed by atoms with Gasteiger partial charge >= 0.3 is 0 Å². The van der Waals surface area contributed by atoms with Crippen LogP contribution in [-0.2, 0) is 0 Å². The van der Waals surface area contributed by atoms with Gasteiger partial charge in [-0.15, -0.1) is 0 Å². The van der Waals surface area contributed by atoms with E-state index in [4.69, 9.17) is 5.73 Å². The van der Waals surface area contributed by atoms with Gasteiger partial charge in [-0.3, -0.25) is 4.98 Å². The van der Waals surface area contributed by atoms with Crippen LogP contribution in [0.4, 0.5) is 0 Å². The Hall–Kier alpha value is -1.96. The quantitative estimate of drug-likeness (QED) is 0.932. The molecule has 1 aromatic carbocycles. The van der Waals surface area contributed by atoms with Gasteiger partial charge in [-0.25, -0.2) is 0 Å². The summed E-state index contributed by atoms with van der Waals surface area (Å²) in [6, 6.07) is 10.8. The van der Waals surface area contributed by atoms with Crippen molar-refractivity contribution in [2.24, 2.45) is 17.6 Å². The summed E-state index contributed by atoms with van der Waals surface area (Å²) < 4.78 is 0. The Labute approximate surface area is 149 Å². The molecule has 2 heterocycles. The summed E-state index contributed by atoms with van der Waals surface area (Å²) >= 11 is 0. The average Bonchev–Trinajstić information content (AvgIpc) is 3.45. The van der Waals surface area contributed by atoms with Crippen molar-refractivity contribution in [1.29, 1.82) is 5.26 Å². The molecule has 2 aliphatic rings. The normalized spacial score (nSPS) is 25.6.